The molecule has 186 valence electrons. The Kier molecular flexibility index (Phi) is 4.79. The molecule has 0 amide bonds. The van der Waals surface area contributed by atoms with Crippen LogP contribution in [0.25, 0.3) is 33.0 Å². The molecule has 8 rings (SSSR count). The van der Waals surface area contributed by atoms with Crippen LogP contribution in [0.4, 0.5) is 0 Å². The highest BCUT2D eigenvalue weighted by atomic mass is 14.4. The van der Waals surface area contributed by atoms with Gasteiger partial charge in [0, 0.05) is 17.3 Å². The van der Waals surface area contributed by atoms with E-state index in [0.717, 1.165) is 0 Å². The minimum Gasteiger partial charge on any atom is -0.0760 e. The van der Waals surface area contributed by atoms with Crippen molar-refractivity contribution in [1.82, 2.24) is 0 Å². The molecule has 0 radical (unpaired) electrons. The molecule has 2 atom stereocenters. The van der Waals surface area contributed by atoms with Crippen molar-refractivity contribution in [2.24, 2.45) is 11.8 Å². The van der Waals surface area contributed by atoms with E-state index in [1.807, 2.05) is 0 Å². The highest BCUT2D eigenvalue weighted by Crippen LogP contribution is 2.50. The number of fused-ring (bicyclic) bond motifs is 6. The average molecular weight is 499 g/mol. The summed E-state index contributed by atoms with van der Waals surface area (Å²) in [6.07, 6.45) is 9.32. The summed E-state index contributed by atoms with van der Waals surface area (Å²) in [5, 5.41) is 5.33. The van der Waals surface area contributed by atoms with Crippen molar-refractivity contribution in [2.45, 2.75) is 19.3 Å². The molecule has 3 aliphatic rings. The van der Waals surface area contributed by atoms with Crippen LogP contribution >= 0.6 is 0 Å². The Morgan fingerprint density at radius 2 is 1.13 bits per heavy atom. The first-order valence-electron chi connectivity index (χ1n) is 14.0. The van der Waals surface area contributed by atoms with Crippen LogP contribution in [0.1, 0.15) is 36.1 Å². The Morgan fingerprint density at radius 3 is 1.97 bits per heavy atom. The topological polar surface area (TPSA) is 0 Å². The van der Waals surface area contributed by atoms with E-state index in [9.17, 15) is 0 Å². The number of benzene rings is 5. The molecule has 0 nitrogen and oxygen atoms in total. The summed E-state index contributed by atoms with van der Waals surface area (Å²) >= 11 is 0. The Labute approximate surface area is 230 Å². The number of allylic oxidation sites excluding steroid dienone is 4. The molecular formula is C39H30. The van der Waals surface area contributed by atoms with Gasteiger partial charge in [-0.2, -0.15) is 0 Å². The highest BCUT2D eigenvalue weighted by molar-refractivity contribution is 5.96. The smallest absolute Gasteiger partial charge is 0.0159 e. The molecule has 0 aromatic heterocycles. The van der Waals surface area contributed by atoms with Gasteiger partial charge in [0.15, 0.2) is 0 Å². The van der Waals surface area contributed by atoms with Gasteiger partial charge in [-0.25, -0.2) is 0 Å². The lowest BCUT2D eigenvalue weighted by atomic mass is 9.69. The predicted octanol–water partition coefficient (Wildman–Crippen LogP) is 7.92. The standard InChI is InChI=1S/C39H30/c1-39(2)35-21-10-9-15-28(35)29-23-22-26(24-36(29)39)37-31-16-5-7-18-33(31)38(34-19-8-6-17-32(34)37)30-20-11-13-25-12-3-4-14-27(25)30/h3-24,31,33H,1-2H3/t31?,33-/m0/s1. The largest absolute Gasteiger partial charge is 0.0760 e. The van der Waals surface area contributed by atoms with Gasteiger partial charge in [-0.3, -0.25) is 0 Å². The third-order valence-corrected chi connectivity index (χ3v) is 9.28. The number of rotatable bonds is 2. The molecule has 0 N–H and O–H groups in total. The number of hydrogen-bond donors (Lipinski definition) is 0. The Hall–Kier alpha value is -4.42. The summed E-state index contributed by atoms with van der Waals surface area (Å²) in [7, 11) is 0. The normalized spacial score (nSPS) is 19.9. The molecule has 0 bridgehead atoms. The van der Waals surface area contributed by atoms with Crippen molar-refractivity contribution in [3.63, 3.8) is 0 Å². The van der Waals surface area contributed by atoms with E-state index in [1.165, 1.54) is 65.7 Å². The van der Waals surface area contributed by atoms with Gasteiger partial charge < -0.3 is 0 Å². The zero-order chi connectivity index (χ0) is 26.1. The van der Waals surface area contributed by atoms with Crippen LogP contribution in [0.2, 0.25) is 0 Å². The molecule has 0 heteroatoms. The van der Waals surface area contributed by atoms with Crippen molar-refractivity contribution < 1.29 is 0 Å². The van der Waals surface area contributed by atoms with Crippen LogP contribution in [0, 0.1) is 11.8 Å². The number of hydrogen-bond acceptors (Lipinski definition) is 0. The fourth-order valence-corrected chi connectivity index (χ4v) is 7.48. The van der Waals surface area contributed by atoms with Crippen LogP contribution in [-0.4, -0.2) is 0 Å². The van der Waals surface area contributed by atoms with Gasteiger partial charge in [0.1, 0.15) is 0 Å². The van der Waals surface area contributed by atoms with E-state index in [0.29, 0.717) is 0 Å². The zero-order valence-corrected chi connectivity index (χ0v) is 22.4. The summed E-state index contributed by atoms with van der Waals surface area (Å²) in [5.74, 6) is 0.563. The zero-order valence-electron chi connectivity index (χ0n) is 22.4. The quantitative estimate of drug-likeness (QED) is 0.232. The molecule has 5 aromatic rings. The molecule has 0 spiro atoms. The fraction of sp³-hybridized carbons (Fsp3) is 0.128. The monoisotopic (exact) mass is 498 g/mol. The summed E-state index contributed by atoms with van der Waals surface area (Å²) in [6, 6.07) is 40.8. The van der Waals surface area contributed by atoms with Crippen LogP contribution < -0.4 is 10.4 Å². The van der Waals surface area contributed by atoms with Gasteiger partial charge in [-0.1, -0.05) is 141 Å². The van der Waals surface area contributed by atoms with Gasteiger partial charge in [-0.15, -0.1) is 0 Å². The van der Waals surface area contributed by atoms with Gasteiger partial charge in [0.05, 0.1) is 0 Å². The summed E-state index contributed by atoms with van der Waals surface area (Å²) in [5.41, 5.74) is 11.2. The van der Waals surface area contributed by atoms with E-state index in [1.54, 1.807) is 0 Å². The maximum atomic E-state index is 2.49. The molecule has 0 saturated carbocycles. The van der Waals surface area contributed by atoms with Crippen molar-refractivity contribution in [2.75, 3.05) is 0 Å². The van der Waals surface area contributed by atoms with Crippen molar-refractivity contribution in [3.05, 3.63) is 166 Å². The Morgan fingerprint density at radius 1 is 0.513 bits per heavy atom. The van der Waals surface area contributed by atoms with E-state index in [2.05, 4.69) is 147 Å². The molecule has 0 aliphatic heterocycles. The van der Waals surface area contributed by atoms with E-state index in [4.69, 9.17) is 0 Å². The van der Waals surface area contributed by atoms with Crippen LogP contribution in [0.3, 0.4) is 0 Å². The Balaban J connectivity index is 1.45. The van der Waals surface area contributed by atoms with Gasteiger partial charge in [-0.05, 0) is 71.8 Å². The Bertz CT molecular complexity index is 1990. The molecule has 0 saturated heterocycles. The molecule has 3 aliphatic carbocycles. The second-order valence-corrected chi connectivity index (χ2v) is 11.7. The second kappa shape index (κ2) is 8.29. The summed E-state index contributed by atoms with van der Waals surface area (Å²) < 4.78 is 0. The van der Waals surface area contributed by atoms with Crippen molar-refractivity contribution in [1.29, 1.82) is 0 Å². The second-order valence-electron chi connectivity index (χ2n) is 11.7. The molecule has 5 aromatic carbocycles. The van der Waals surface area contributed by atoms with Gasteiger partial charge >= 0.3 is 0 Å². The van der Waals surface area contributed by atoms with Gasteiger partial charge in [0.25, 0.3) is 0 Å². The first kappa shape index (κ1) is 22.6. The molecule has 0 fully saturated rings. The lowest BCUT2D eigenvalue weighted by molar-refractivity contribution is 0.658. The summed E-state index contributed by atoms with van der Waals surface area (Å²) in [4.78, 5) is 0. The predicted molar refractivity (Wildman–Crippen MR) is 164 cm³/mol. The van der Waals surface area contributed by atoms with E-state index < -0.39 is 0 Å². The molecule has 39 heavy (non-hydrogen) atoms. The molecule has 0 heterocycles. The SMILES string of the molecule is CC1(C)c2ccccc2-c2ccc(C3=c4ccccc4=C(c4cccc5ccccc45)[C@H]4C=CC=CC34)cc21. The highest BCUT2D eigenvalue weighted by Gasteiger charge is 2.37. The lowest BCUT2D eigenvalue weighted by Gasteiger charge is -2.34. The van der Waals surface area contributed by atoms with Crippen molar-refractivity contribution in [3.8, 4) is 11.1 Å². The minimum atomic E-state index is -0.0152. The molecule has 1 unspecified atom stereocenters. The first-order chi connectivity index (χ1) is 19.1. The average Bonchev–Trinajstić information content (AvgIpc) is 3.21. The fourth-order valence-electron chi connectivity index (χ4n) is 7.48. The first-order valence-corrected chi connectivity index (χ1v) is 14.0. The lowest BCUT2D eigenvalue weighted by Crippen LogP contribution is -2.40. The third-order valence-electron chi connectivity index (χ3n) is 9.28. The van der Waals surface area contributed by atoms with E-state index in [-0.39, 0.29) is 17.3 Å². The van der Waals surface area contributed by atoms with E-state index >= 15 is 0 Å². The van der Waals surface area contributed by atoms with Crippen LogP contribution in [0.15, 0.2) is 133 Å². The molecular weight excluding hydrogens is 468 g/mol. The van der Waals surface area contributed by atoms with Crippen LogP contribution in [-0.2, 0) is 5.41 Å². The maximum absolute atomic E-state index is 2.49. The minimum absolute atomic E-state index is 0.0152. The van der Waals surface area contributed by atoms with Crippen LogP contribution in [0.5, 0.6) is 0 Å². The van der Waals surface area contributed by atoms with Crippen molar-refractivity contribution >= 4 is 21.9 Å². The van der Waals surface area contributed by atoms with Gasteiger partial charge in [0.2, 0.25) is 0 Å². The maximum Gasteiger partial charge on any atom is 0.0159 e. The summed E-state index contributed by atoms with van der Waals surface area (Å²) in [6.45, 7) is 4.75. The third kappa shape index (κ3) is 3.18.